The molecular formula is C26H20F6O5. The molecule has 0 radical (unpaired) electrons. The van der Waals surface area contributed by atoms with Gasteiger partial charge in [0, 0.05) is 24.2 Å². The van der Waals surface area contributed by atoms with Gasteiger partial charge in [0.25, 0.3) is 0 Å². The quantitative estimate of drug-likeness (QED) is 0.377. The van der Waals surface area contributed by atoms with Crippen LogP contribution in [0, 0.1) is 23.7 Å². The van der Waals surface area contributed by atoms with Gasteiger partial charge >= 0.3 is 24.3 Å². The second-order valence-corrected chi connectivity index (χ2v) is 9.66. The molecule has 0 aliphatic heterocycles. The molecule has 0 spiro atoms. The minimum Gasteiger partial charge on any atom is -0.455 e. The largest absolute Gasteiger partial charge is 0.455 e. The third-order valence-electron chi connectivity index (χ3n) is 7.62. The first-order chi connectivity index (χ1) is 17.3. The standard InChI is InChI=1S/C26H20F6O5/c27-25(28,29)14-5-1-3-12(9-14)23(34)36-21-17-11-18(20-16(17)7-8-19(20)33)22(21)37-24(35)13-4-2-6-15(10-13)26(30,31)32/h1-6,9-10,16-18,20-22H,7-8,11H2. The van der Waals surface area contributed by atoms with Crippen LogP contribution < -0.4 is 0 Å². The lowest BCUT2D eigenvalue weighted by molar-refractivity contribution is -0.138. The van der Waals surface area contributed by atoms with Gasteiger partial charge in [-0.2, -0.15) is 26.3 Å². The molecule has 3 fully saturated rings. The van der Waals surface area contributed by atoms with E-state index in [1.54, 1.807) is 0 Å². The van der Waals surface area contributed by atoms with Gasteiger partial charge in [-0.25, -0.2) is 9.59 Å². The maximum atomic E-state index is 13.1. The van der Waals surface area contributed by atoms with Gasteiger partial charge in [0.1, 0.15) is 18.0 Å². The molecule has 2 aromatic carbocycles. The van der Waals surface area contributed by atoms with Crippen molar-refractivity contribution in [1.29, 1.82) is 0 Å². The molecule has 37 heavy (non-hydrogen) atoms. The lowest BCUT2D eigenvalue weighted by Gasteiger charge is -2.36. The lowest BCUT2D eigenvalue weighted by atomic mass is 9.78. The Kier molecular flexibility index (Phi) is 6.07. The molecule has 0 aromatic heterocycles. The van der Waals surface area contributed by atoms with Gasteiger partial charge in [-0.05, 0) is 55.2 Å². The van der Waals surface area contributed by atoms with Crippen molar-refractivity contribution in [2.24, 2.45) is 23.7 Å². The maximum Gasteiger partial charge on any atom is 0.416 e. The molecule has 11 heteroatoms. The molecule has 5 nitrogen and oxygen atoms in total. The van der Waals surface area contributed by atoms with Crippen molar-refractivity contribution in [2.45, 2.75) is 43.8 Å². The van der Waals surface area contributed by atoms with Gasteiger partial charge < -0.3 is 9.47 Å². The number of alkyl halides is 6. The number of hydrogen-bond donors (Lipinski definition) is 0. The molecule has 0 N–H and O–H groups in total. The van der Waals surface area contributed by atoms with E-state index in [1.807, 2.05) is 0 Å². The summed E-state index contributed by atoms with van der Waals surface area (Å²) < 4.78 is 89.8. The Morgan fingerprint density at radius 2 is 1.22 bits per heavy atom. The molecular weight excluding hydrogens is 506 g/mol. The molecule has 3 aliphatic carbocycles. The van der Waals surface area contributed by atoms with Crippen molar-refractivity contribution in [2.75, 3.05) is 0 Å². The van der Waals surface area contributed by atoms with Crippen molar-refractivity contribution >= 4 is 17.7 Å². The summed E-state index contributed by atoms with van der Waals surface area (Å²) in [6, 6.07) is 7.34. The predicted octanol–water partition coefficient (Wildman–Crippen LogP) is 5.72. The van der Waals surface area contributed by atoms with Crippen LogP contribution in [0.1, 0.15) is 51.1 Å². The van der Waals surface area contributed by atoms with E-state index in [-0.39, 0.29) is 28.7 Å². The van der Waals surface area contributed by atoms with Crippen LogP contribution >= 0.6 is 0 Å². The van der Waals surface area contributed by atoms with Crippen LogP contribution in [0.2, 0.25) is 0 Å². The van der Waals surface area contributed by atoms with E-state index in [9.17, 15) is 40.7 Å². The number of halogens is 6. The maximum absolute atomic E-state index is 13.1. The van der Waals surface area contributed by atoms with Crippen LogP contribution in [0.3, 0.4) is 0 Å². The number of benzene rings is 2. The average Bonchev–Trinajstić information content (AvgIpc) is 3.50. The number of Topliss-reactive ketones (excluding diaryl/α,β-unsaturated/α-hetero) is 1. The average molecular weight is 526 g/mol. The number of ether oxygens (including phenoxy) is 2. The van der Waals surface area contributed by atoms with Crippen molar-refractivity contribution in [1.82, 2.24) is 0 Å². The molecule has 2 bridgehead atoms. The number of carbonyl (C=O) groups excluding carboxylic acids is 3. The first-order valence-corrected chi connectivity index (χ1v) is 11.6. The summed E-state index contributed by atoms with van der Waals surface area (Å²) in [6.45, 7) is 0. The highest BCUT2D eigenvalue weighted by molar-refractivity contribution is 5.91. The Balaban J connectivity index is 1.41. The van der Waals surface area contributed by atoms with E-state index in [2.05, 4.69) is 0 Å². The first kappa shape index (κ1) is 25.3. The normalized spacial score (nSPS) is 28.8. The highest BCUT2D eigenvalue weighted by atomic mass is 19.4. The van der Waals surface area contributed by atoms with Crippen molar-refractivity contribution in [3.05, 3.63) is 70.8 Å². The fourth-order valence-corrected chi connectivity index (χ4v) is 6.11. The molecule has 3 saturated carbocycles. The summed E-state index contributed by atoms with van der Waals surface area (Å²) in [6.07, 6.45) is -10.3. The van der Waals surface area contributed by atoms with E-state index >= 15 is 0 Å². The fraction of sp³-hybridized carbons (Fsp3) is 0.423. The zero-order chi connectivity index (χ0) is 26.7. The molecule has 6 atom stereocenters. The van der Waals surface area contributed by atoms with E-state index in [0.29, 0.717) is 31.4 Å². The summed E-state index contributed by atoms with van der Waals surface area (Å²) in [7, 11) is 0. The molecule has 0 amide bonds. The molecule has 6 unspecified atom stereocenters. The van der Waals surface area contributed by atoms with E-state index in [0.717, 1.165) is 36.4 Å². The molecule has 5 rings (SSSR count). The second kappa shape index (κ2) is 8.88. The zero-order valence-electron chi connectivity index (χ0n) is 19.0. The van der Waals surface area contributed by atoms with Crippen LogP contribution in [0.4, 0.5) is 26.3 Å². The monoisotopic (exact) mass is 526 g/mol. The molecule has 0 saturated heterocycles. The Labute approximate surface area is 206 Å². The zero-order valence-corrected chi connectivity index (χ0v) is 19.0. The Morgan fingerprint density at radius 3 is 1.70 bits per heavy atom. The summed E-state index contributed by atoms with van der Waals surface area (Å²) >= 11 is 0. The summed E-state index contributed by atoms with van der Waals surface area (Å²) in [5, 5.41) is 0. The topological polar surface area (TPSA) is 69.7 Å². The number of esters is 2. The fourth-order valence-electron chi connectivity index (χ4n) is 6.11. The van der Waals surface area contributed by atoms with Crippen molar-refractivity contribution in [3.8, 4) is 0 Å². The molecule has 0 heterocycles. The summed E-state index contributed by atoms with van der Waals surface area (Å²) in [5.41, 5.74) is -2.80. The lowest BCUT2D eigenvalue weighted by Crippen LogP contribution is -2.46. The first-order valence-electron chi connectivity index (χ1n) is 11.6. The third-order valence-corrected chi connectivity index (χ3v) is 7.62. The molecule has 196 valence electrons. The van der Waals surface area contributed by atoms with Crippen LogP contribution in [0.25, 0.3) is 0 Å². The number of rotatable bonds is 4. The van der Waals surface area contributed by atoms with E-state index in [4.69, 9.17) is 9.47 Å². The highest BCUT2D eigenvalue weighted by Gasteiger charge is 2.64. The van der Waals surface area contributed by atoms with Crippen LogP contribution in [-0.2, 0) is 26.6 Å². The minimum atomic E-state index is -4.69. The van der Waals surface area contributed by atoms with Crippen LogP contribution in [-0.4, -0.2) is 29.9 Å². The van der Waals surface area contributed by atoms with E-state index in [1.165, 1.54) is 0 Å². The Morgan fingerprint density at radius 1 is 0.730 bits per heavy atom. The van der Waals surface area contributed by atoms with Gasteiger partial charge in [0.2, 0.25) is 0 Å². The Bertz CT molecular complexity index is 1250. The minimum absolute atomic E-state index is 0.0136. The highest BCUT2D eigenvalue weighted by Crippen LogP contribution is 2.59. The van der Waals surface area contributed by atoms with Crippen molar-refractivity contribution < 1.29 is 50.2 Å². The number of fused-ring (bicyclic) bond motifs is 5. The van der Waals surface area contributed by atoms with Gasteiger partial charge in [0.15, 0.2) is 0 Å². The van der Waals surface area contributed by atoms with Gasteiger partial charge in [-0.15, -0.1) is 0 Å². The van der Waals surface area contributed by atoms with Crippen LogP contribution in [0.5, 0.6) is 0 Å². The smallest absolute Gasteiger partial charge is 0.416 e. The third kappa shape index (κ3) is 4.59. The second-order valence-electron chi connectivity index (χ2n) is 9.66. The van der Waals surface area contributed by atoms with Gasteiger partial charge in [-0.1, -0.05) is 12.1 Å². The number of hydrogen-bond acceptors (Lipinski definition) is 5. The SMILES string of the molecule is O=C(OC1C2CC(C1OC(=O)c1cccc(C(F)(F)F)c1)C1C(=O)CCC21)c1cccc(C(F)(F)F)c1. The van der Waals surface area contributed by atoms with Crippen LogP contribution in [0.15, 0.2) is 48.5 Å². The van der Waals surface area contributed by atoms with Crippen molar-refractivity contribution in [3.63, 3.8) is 0 Å². The Hall–Kier alpha value is -3.37. The molecule has 3 aliphatic rings. The summed E-state index contributed by atoms with van der Waals surface area (Å²) in [4.78, 5) is 38.2. The number of carbonyl (C=O) groups is 3. The van der Waals surface area contributed by atoms with Gasteiger partial charge in [0.05, 0.1) is 22.3 Å². The molecule has 2 aromatic rings. The summed E-state index contributed by atoms with van der Waals surface area (Å²) in [5.74, 6) is -3.56. The number of ketones is 1. The van der Waals surface area contributed by atoms with Gasteiger partial charge in [-0.3, -0.25) is 4.79 Å². The van der Waals surface area contributed by atoms with E-state index < -0.39 is 59.5 Å². The predicted molar refractivity (Wildman–Crippen MR) is 114 cm³/mol.